The molecule has 2 rings (SSSR count). The van der Waals surface area contributed by atoms with Crippen LogP contribution in [0.1, 0.15) is 21.5 Å². The van der Waals surface area contributed by atoms with Crippen molar-refractivity contribution in [3.05, 3.63) is 59.5 Å². The van der Waals surface area contributed by atoms with Crippen molar-refractivity contribution in [3.8, 4) is 0 Å². The number of hydrogen-bond acceptors (Lipinski definition) is 3. The molecule has 4 nitrogen and oxygen atoms in total. The second kappa shape index (κ2) is 5.32. The highest BCUT2D eigenvalue weighted by Gasteiger charge is 2.02. The van der Waals surface area contributed by atoms with E-state index in [1.165, 1.54) is 0 Å². The lowest BCUT2D eigenvalue weighted by Crippen LogP contribution is -2.12. The van der Waals surface area contributed by atoms with Crippen LogP contribution < -0.4 is 5.32 Å². The molecule has 0 unspecified atom stereocenters. The van der Waals surface area contributed by atoms with Gasteiger partial charge in [0.25, 0.3) is 0 Å². The predicted molar refractivity (Wildman–Crippen MR) is 62.7 cm³/mol. The zero-order valence-corrected chi connectivity index (χ0v) is 9.22. The first-order valence-corrected chi connectivity index (χ1v) is 5.30. The van der Waals surface area contributed by atoms with E-state index >= 15 is 0 Å². The maximum atomic E-state index is 10.8. The first-order valence-electron chi connectivity index (χ1n) is 5.30. The predicted octanol–water partition coefficient (Wildman–Crippen LogP) is 2.27. The van der Waals surface area contributed by atoms with Crippen molar-refractivity contribution in [1.82, 2.24) is 5.32 Å². The number of nitrogens with one attached hydrogen (secondary N) is 1. The Labute approximate surface area is 98.9 Å². The van der Waals surface area contributed by atoms with Crippen molar-refractivity contribution in [2.75, 3.05) is 0 Å². The Kier molecular flexibility index (Phi) is 3.57. The molecule has 0 spiro atoms. The number of carboxylic acid groups (broad SMARTS) is 1. The molecule has 1 aromatic heterocycles. The van der Waals surface area contributed by atoms with Crippen molar-refractivity contribution in [3.63, 3.8) is 0 Å². The van der Waals surface area contributed by atoms with E-state index in [-0.39, 0.29) is 0 Å². The summed E-state index contributed by atoms with van der Waals surface area (Å²) in [7, 11) is 0. The molecule has 1 aromatic carbocycles. The Bertz CT molecular complexity index is 491. The van der Waals surface area contributed by atoms with E-state index in [1.807, 2.05) is 12.1 Å². The van der Waals surface area contributed by atoms with Gasteiger partial charge in [0.2, 0.25) is 0 Å². The highest BCUT2D eigenvalue weighted by atomic mass is 16.4. The smallest absolute Gasteiger partial charge is 0.335 e. The summed E-state index contributed by atoms with van der Waals surface area (Å²) in [5.41, 5.74) is 2.33. The van der Waals surface area contributed by atoms with Crippen LogP contribution in [0.4, 0.5) is 0 Å². The molecule has 2 N–H and O–H groups in total. The van der Waals surface area contributed by atoms with Crippen molar-refractivity contribution in [2.24, 2.45) is 0 Å². The minimum absolute atomic E-state index is 0.313. The van der Waals surface area contributed by atoms with E-state index in [1.54, 1.807) is 30.7 Å². The highest BCUT2D eigenvalue weighted by Crippen LogP contribution is 2.06. The molecule has 2 aromatic rings. The lowest BCUT2D eigenvalue weighted by Gasteiger charge is -2.04. The Morgan fingerprint density at radius 1 is 1.24 bits per heavy atom. The number of hydrogen-bond donors (Lipinski definition) is 2. The van der Waals surface area contributed by atoms with Crippen LogP contribution in [0.15, 0.2) is 47.3 Å². The molecule has 0 aliphatic carbocycles. The summed E-state index contributed by atoms with van der Waals surface area (Å²) in [6, 6.07) is 8.79. The fraction of sp³-hybridized carbons (Fsp3) is 0.154. The van der Waals surface area contributed by atoms with Crippen LogP contribution >= 0.6 is 0 Å². The molecular weight excluding hydrogens is 218 g/mol. The molecule has 0 aliphatic heterocycles. The lowest BCUT2D eigenvalue weighted by atomic mass is 10.1. The summed E-state index contributed by atoms with van der Waals surface area (Å²) in [5.74, 6) is -0.901. The van der Waals surface area contributed by atoms with Gasteiger partial charge in [-0.15, -0.1) is 0 Å². The van der Waals surface area contributed by atoms with Gasteiger partial charge in [-0.1, -0.05) is 12.1 Å². The molecule has 0 radical (unpaired) electrons. The van der Waals surface area contributed by atoms with Crippen LogP contribution in [0.3, 0.4) is 0 Å². The molecule has 0 saturated carbocycles. The summed E-state index contributed by atoms with van der Waals surface area (Å²) in [4.78, 5) is 10.8. The standard InChI is InChI=1S/C13H13NO3/c15-13(16)12-3-1-2-10(6-12)7-14-8-11-4-5-17-9-11/h1-6,9,14H,7-8H2,(H,15,16). The number of rotatable bonds is 5. The van der Waals surface area contributed by atoms with Crippen molar-refractivity contribution >= 4 is 5.97 Å². The van der Waals surface area contributed by atoms with E-state index in [9.17, 15) is 4.79 Å². The quantitative estimate of drug-likeness (QED) is 0.828. The molecule has 88 valence electrons. The van der Waals surface area contributed by atoms with E-state index in [4.69, 9.17) is 9.52 Å². The zero-order valence-electron chi connectivity index (χ0n) is 9.22. The second-order valence-electron chi connectivity index (χ2n) is 3.74. The Balaban J connectivity index is 1.90. The Morgan fingerprint density at radius 2 is 2.06 bits per heavy atom. The molecule has 0 bridgehead atoms. The Hall–Kier alpha value is -2.07. The Morgan fingerprint density at radius 3 is 2.76 bits per heavy atom. The summed E-state index contributed by atoms with van der Waals surface area (Å²) in [6.45, 7) is 1.33. The van der Waals surface area contributed by atoms with Gasteiger partial charge in [0.1, 0.15) is 0 Å². The first kappa shape index (κ1) is 11.4. The van der Waals surface area contributed by atoms with E-state index < -0.39 is 5.97 Å². The van der Waals surface area contributed by atoms with Gasteiger partial charge < -0.3 is 14.8 Å². The van der Waals surface area contributed by atoms with Crippen LogP contribution in [0.25, 0.3) is 0 Å². The summed E-state index contributed by atoms with van der Waals surface area (Å²) in [5, 5.41) is 12.1. The average Bonchev–Trinajstić information content (AvgIpc) is 2.82. The van der Waals surface area contributed by atoms with Gasteiger partial charge in [-0.3, -0.25) is 0 Å². The van der Waals surface area contributed by atoms with Gasteiger partial charge >= 0.3 is 5.97 Å². The van der Waals surface area contributed by atoms with Gasteiger partial charge in [0.05, 0.1) is 18.1 Å². The van der Waals surface area contributed by atoms with Gasteiger partial charge in [-0.05, 0) is 23.8 Å². The number of carbonyl (C=O) groups is 1. The monoisotopic (exact) mass is 231 g/mol. The third-order valence-electron chi connectivity index (χ3n) is 2.41. The van der Waals surface area contributed by atoms with Crippen LogP contribution in [0.5, 0.6) is 0 Å². The number of furan rings is 1. The first-order chi connectivity index (χ1) is 8.25. The van der Waals surface area contributed by atoms with E-state index in [2.05, 4.69) is 5.32 Å². The van der Waals surface area contributed by atoms with Crippen molar-refractivity contribution in [1.29, 1.82) is 0 Å². The van der Waals surface area contributed by atoms with Crippen LogP contribution in [0, 0.1) is 0 Å². The topological polar surface area (TPSA) is 62.5 Å². The number of benzene rings is 1. The molecule has 0 amide bonds. The van der Waals surface area contributed by atoms with Crippen molar-refractivity contribution in [2.45, 2.75) is 13.1 Å². The molecular formula is C13H13NO3. The maximum absolute atomic E-state index is 10.8. The maximum Gasteiger partial charge on any atom is 0.335 e. The minimum atomic E-state index is -0.901. The molecule has 0 fully saturated rings. The van der Waals surface area contributed by atoms with Gasteiger partial charge in [-0.25, -0.2) is 4.79 Å². The van der Waals surface area contributed by atoms with Crippen molar-refractivity contribution < 1.29 is 14.3 Å². The van der Waals surface area contributed by atoms with E-state index in [0.29, 0.717) is 18.7 Å². The van der Waals surface area contributed by atoms with Gasteiger partial charge in [0, 0.05) is 18.7 Å². The SMILES string of the molecule is O=C(O)c1cccc(CNCc2ccoc2)c1. The fourth-order valence-corrected chi connectivity index (χ4v) is 1.56. The molecule has 0 saturated heterocycles. The molecule has 1 heterocycles. The summed E-state index contributed by atoms with van der Waals surface area (Å²) < 4.78 is 4.95. The summed E-state index contributed by atoms with van der Waals surface area (Å²) >= 11 is 0. The molecule has 0 aliphatic rings. The third kappa shape index (κ3) is 3.19. The van der Waals surface area contributed by atoms with Gasteiger partial charge in [-0.2, -0.15) is 0 Å². The van der Waals surface area contributed by atoms with Gasteiger partial charge in [0.15, 0.2) is 0 Å². The van der Waals surface area contributed by atoms with E-state index in [0.717, 1.165) is 11.1 Å². The number of aromatic carboxylic acids is 1. The van der Waals surface area contributed by atoms with Crippen LogP contribution in [-0.4, -0.2) is 11.1 Å². The fourth-order valence-electron chi connectivity index (χ4n) is 1.56. The number of carboxylic acids is 1. The summed E-state index contributed by atoms with van der Waals surface area (Å²) in [6.07, 6.45) is 3.31. The average molecular weight is 231 g/mol. The normalized spacial score (nSPS) is 10.4. The molecule has 17 heavy (non-hydrogen) atoms. The largest absolute Gasteiger partial charge is 0.478 e. The van der Waals surface area contributed by atoms with Crippen LogP contribution in [0.2, 0.25) is 0 Å². The molecule has 0 atom stereocenters. The lowest BCUT2D eigenvalue weighted by molar-refractivity contribution is 0.0696. The molecule has 4 heteroatoms. The second-order valence-corrected chi connectivity index (χ2v) is 3.74. The zero-order chi connectivity index (χ0) is 12.1. The highest BCUT2D eigenvalue weighted by molar-refractivity contribution is 5.87. The third-order valence-corrected chi connectivity index (χ3v) is 2.41. The minimum Gasteiger partial charge on any atom is -0.478 e. The van der Waals surface area contributed by atoms with Crippen LogP contribution in [-0.2, 0) is 13.1 Å².